The van der Waals surface area contributed by atoms with Crippen LogP contribution in [0, 0.1) is 0 Å². The number of hydrogen-bond donors (Lipinski definition) is 2. The Morgan fingerprint density at radius 2 is 1.27 bits per heavy atom. The molecule has 1 fully saturated rings. The van der Waals surface area contributed by atoms with E-state index < -0.39 is 0 Å². The zero-order valence-electron chi connectivity index (χ0n) is 15.7. The number of nitrogens with one attached hydrogen (secondary N) is 2. The molecular formula is C21H25BN2O2. The highest BCUT2D eigenvalue weighted by Crippen LogP contribution is 2.36. The van der Waals surface area contributed by atoms with Crippen molar-refractivity contribution in [2.24, 2.45) is 0 Å². The highest BCUT2D eigenvalue weighted by Gasteiger charge is 2.51. The average molecular weight is 348 g/mol. The van der Waals surface area contributed by atoms with Crippen molar-refractivity contribution in [2.75, 3.05) is 0 Å². The van der Waals surface area contributed by atoms with Crippen molar-refractivity contribution in [3.05, 3.63) is 77.9 Å². The molecule has 4 rings (SSSR count). The summed E-state index contributed by atoms with van der Waals surface area (Å²) in [6.07, 6.45) is 3.92. The molecule has 0 atom stereocenters. The van der Waals surface area contributed by atoms with E-state index in [9.17, 15) is 0 Å². The van der Waals surface area contributed by atoms with Gasteiger partial charge in [-0.15, -0.1) is 0 Å². The molecule has 4 nitrogen and oxygen atoms in total. The number of aromatic amines is 2. The molecule has 5 heteroatoms. The second kappa shape index (κ2) is 6.18. The zero-order valence-corrected chi connectivity index (χ0v) is 15.7. The van der Waals surface area contributed by atoms with E-state index in [4.69, 9.17) is 9.31 Å². The lowest BCUT2D eigenvalue weighted by atomic mass is 9.78. The van der Waals surface area contributed by atoms with E-state index in [2.05, 4.69) is 74.1 Å². The summed E-state index contributed by atoms with van der Waals surface area (Å²) in [5, 5.41) is 0. The van der Waals surface area contributed by atoms with E-state index in [-0.39, 0.29) is 24.2 Å². The summed E-state index contributed by atoms with van der Waals surface area (Å²) in [6.45, 7) is 8.31. The fourth-order valence-electron chi connectivity index (χ4n) is 3.40. The first kappa shape index (κ1) is 17.2. The molecule has 2 aromatic heterocycles. The van der Waals surface area contributed by atoms with E-state index in [1.165, 1.54) is 5.56 Å². The minimum Gasteiger partial charge on any atom is -0.399 e. The van der Waals surface area contributed by atoms with E-state index in [1.54, 1.807) is 0 Å². The quantitative estimate of drug-likeness (QED) is 0.704. The van der Waals surface area contributed by atoms with Crippen LogP contribution in [0.1, 0.15) is 50.6 Å². The van der Waals surface area contributed by atoms with Crippen LogP contribution in [0.5, 0.6) is 0 Å². The van der Waals surface area contributed by atoms with Crippen molar-refractivity contribution in [2.45, 2.75) is 44.8 Å². The number of H-pyrrole nitrogens is 2. The third-order valence-electron chi connectivity index (χ3n) is 5.66. The van der Waals surface area contributed by atoms with Gasteiger partial charge in [-0.1, -0.05) is 24.3 Å². The lowest BCUT2D eigenvalue weighted by Gasteiger charge is -2.32. The van der Waals surface area contributed by atoms with Crippen molar-refractivity contribution < 1.29 is 9.31 Å². The zero-order chi connectivity index (χ0) is 18.4. The van der Waals surface area contributed by atoms with Gasteiger partial charge in [-0.3, -0.25) is 0 Å². The Kier molecular flexibility index (Phi) is 4.09. The normalized spacial score (nSPS) is 18.6. The number of benzene rings is 1. The minimum atomic E-state index is -0.330. The van der Waals surface area contributed by atoms with E-state index in [1.807, 2.05) is 24.5 Å². The fraction of sp³-hybridized carbons (Fsp3) is 0.333. The van der Waals surface area contributed by atoms with Gasteiger partial charge in [0.05, 0.1) is 17.1 Å². The van der Waals surface area contributed by atoms with E-state index >= 15 is 0 Å². The van der Waals surface area contributed by atoms with Gasteiger partial charge in [-0.05, 0) is 63.0 Å². The van der Waals surface area contributed by atoms with Crippen molar-refractivity contribution in [3.8, 4) is 0 Å². The highest BCUT2D eigenvalue weighted by atomic mass is 16.7. The van der Waals surface area contributed by atoms with Gasteiger partial charge in [0.25, 0.3) is 0 Å². The SMILES string of the molecule is CC1(C)OB(c2ccc(C(c3ccc[nH]3)c3ccc[nH]3)cc2)OC1(C)C. The smallest absolute Gasteiger partial charge is 0.399 e. The first-order chi connectivity index (χ1) is 12.4. The first-order valence-corrected chi connectivity index (χ1v) is 9.09. The third-order valence-corrected chi connectivity index (χ3v) is 5.66. The largest absolute Gasteiger partial charge is 0.494 e. The maximum Gasteiger partial charge on any atom is 0.494 e. The Balaban J connectivity index is 1.63. The van der Waals surface area contributed by atoms with Crippen LogP contribution in [-0.2, 0) is 9.31 Å². The lowest BCUT2D eigenvalue weighted by Crippen LogP contribution is -2.41. The summed E-state index contributed by atoms with van der Waals surface area (Å²) < 4.78 is 12.3. The monoisotopic (exact) mass is 348 g/mol. The van der Waals surface area contributed by atoms with Crippen molar-refractivity contribution in [1.29, 1.82) is 0 Å². The van der Waals surface area contributed by atoms with Gasteiger partial charge >= 0.3 is 7.12 Å². The summed E-state index contributed by atoms with van der Waals surface area (Å²) in [4.78, 5) is 6.69. The molecule has 0 bridgehead atoms. The third kappa shape index (κ3) is 2.91. The van der Waals surface area contributed by atoms with E-state index in [0.717, 1.165) is 16.9 Å². The van der Waals surface area contributed by atoms with Crippen LogP contribution < -0.4 is 5.46 Å². The summed E-state index contributed by atoms with van der Waals surface area (Å²) in [5.74, 6) is 0.146. The van der Waals surface area contributed by atoms with Crippen LogP contribution in [0.3, 0.4) is 0 Å². The van der Waals surface area contributed by atoms with Gasteiger partial charge in [-0.2, -0.15) is 0 Å². The molecule has 1 saturated heterocycles. The standard InChI is InChI=1S/C21H25BN2O2/c1-20(2)21(3,4)26-22(25-20)16-11-9-15(10-12-16)19(17-7-5-13-23-17)18-8-6-14-24-18/h5-14,19,23-24H,1-4H3. The molecule has 1 aliphatic heterocycles. The molecule has 0 radical (unpaired) electrons. The van der Waals surface area contributed by atoms with Crippen molar-refractivity contribution in [3.63, 3.8) is 0 Å². The molecule has 1 aliphatic rings. The summed E-state index contributed by atoms with van der Waals surface area (Å²) in [7, 11) is -0.330. The van der Waals surface area contributed by atoms with Gasteiger partial charge in [0.15, 0.2) is 0 Å². The number of aromatic nitrogens is 2. The molecule has 3 heterocycles. The molecule has 26 heavy (non-hydrogen) atoms. The first-order valence-electron chi connectivity index (χ1n) is 9.09. The molecule has 134 valence electrons. The molecule has 0 spiro atoms. The fourth-order valence-corrected chi connectivity index (χ4v) is 3.40. The number of hydrogen-bond acceptors (Lipinski definition) is 2. The molecule has 0 unspecified atom stereocenters. The predicted octanol–water partition coefficient (Wildman–Crippen LogP) is 3.82. The topological polar surface area (TPSA) is 50.0 Å². The maximum absolute atomic E-state index is 6.16. The van der Waals surface area contributed by atoms with Crippen molar-refractivity contribution >= 4 is 12.6 Å². The molecule has 1 aromatic carbocycles. The summed E-state index contributed by atoms with van der Waals surface area (Å²) in [5.41, 5.74) is 3.94. The molecule has 0 amide bonds. The second-order valence-corrected chi connectivity index (χ2v) is 7.94. The Labute approximate surface area is 155 Å². The van der Waals surface area contributed by atoms with Crippen LogP contribution in [0.25, 0.3) is 0 Å². The van der Waals surface area contributed by atoms with Crippen LogP contribution in [0.15, 0.2) is 60.9 Å². The molecule has 0 saturated carbocycles. The van der Waals surface area contributed by atoms with Crippen LogP contribution in [0.2, 0.25) is 0 Å². The molecule has 0 aliphatic carbocycles. The van der Waals surface area contributed by atoms with Gasteiger partial charge in [0.1, 0.15) is 0 Å². The summed E-state index contributed by atoms with van der Waals surface area (Å²) >= 11 is 0. The lowest BCUT2D eigenvalue weighted by molar-refractivity contribution is 0.00578. The van der Waals surface area contributed by atoms with Gasteiger partial charge < -0.3 is 19.3 Å². The van der Waals surface area contributed by atoms with Crippen LogP contribution in [0.4, 0.5) is 0 Å². The Hall–Kier alpha value is -2.24. The minimum absolute atomic E-state index is 0.146. The predicted molar refractivity (Wildman–Crippen MR) is 105 cm³/mol. The second-order valence-electron chi connectivity index (χ2n) is 7.94. The summed E-state index contributed by atoms with van der Waals surface area (Å²) in [6, 6.07) is 16.8. The number of rotatable bonds is 4. The van der Waals surface area contributed by atoms with Crippen LogP contribution >= 0.6 is 0 Å². The maximum atomic E-state index is 6.16. The van der Waals surface area contributed by atoms with Gasteiger partial charge in [0, 0.05) is 23.8 Å². The van der Waals surface area contributed by atoms with Crippen molar-refractivity contribution in [1.82, 2.24) is 9.97 Å². The van der Waals surface area contributed by atoms with E-state index in [0.29, 0.717) is 0 Å². The Morgan fingerprint density at radius 1 is 0.769 bits per heavy atom. The van der Waals surface area contributed by atoms with Gasteiger partial charge in [-0.25, -0.2) is 0 Å². The Bertz CT molecular complexity index is 802. The van der Waals surface area contributed by atoms with Gasteiger partial charge in [0.2, 0.25) is 0 Å². The van der Waals surface area contributed by atoms with Crippen LogP contribution in [-0.4, -0.2) is 28.3 Å². The molecule has 2 N–H and O–H groups in total. The Morgan fingerprint density at radius 3 is 1.69 bits per heavy atom. The highest BCUT2D eigenvalue weighted by molar-refractivity contribution is 6.62. The molecular weight excluding hydrogens is 323 g/mol. The average Bonchev–Trinajstić information content (AvgIpc) is 3.32. The molecule has 3 aromatic rings.